The molecule has 10 heteroatoms. The van der Waals surface area contributed by atoms with E-state index in [0.29, 0.717) is 22.2 Å². The van der Waals surface area contributed by atoms with Gasteiger partial charge in [-0.1, -0.05) is 36.6 Å². The first-order valence-electron chi connectivity index (χ1n) is 9.99. The molecule has 0 unspecified atom stereocenters. The molecule has 1 fully saturated rings. The van der Waals surface area contributed by atoms with E-state index < -0.39 is 12.2 Å². The number of nitrogens with zero attached hydrogens (tertiary/aromatic N) is 2. The van der Waals surface area contributed by atoms with Crippen molar-refractivity contribution >= 4 is 29.1 Å². The van der Waals surface area contributed by atoms with Gasteiger partial charge in [0.25, 0.3) is 0 Å². The molecule has 0 aliphatic heterocycles. The highest BCUT2D eigenvalue weighted by atomic mass is 35.5. The predicted molar refractivity (Wildman–Crippen MR) is 115 cm³/mol. The van der Waals surface area contributed by atoms with Crippen LogP contribution >= 0.6 is 11.6 Å². The second-order valence-corrected chi connectivity index (χ2v) is 7.85. The Hall–Kier alpha value is -3.07. The van der Waals surface area contributed by atoms with E-state index in [1.165, 1.54) is 42.5 Å². The Morgan fingerprint density at radius 2 is 1.78 bits per heavy atom. The maximum absolute atomic E-state index is 14.2. The summed E-state index contributed by atoms with van der Waals surface area (Å²) in [6.45, 7) is 0. The minimum atomic E-state index is -4.81. The summed E-state index contributed by atoms with van der Waals surface area (Å²) in [7, 11) is 0. The topological polar surface area (TPSA) is 59.1 Å². The SMILES string of the molecule is Fc1ccc(Cl)cc1Nc1cc(-c2cccc(OC(F)(F)F)c2)nc(NC2CCCC2)n1. The summed E-state index contributed by atoms with van der Waals surface area (Å²) in [4.78, 5) is 8.88. The van der Waals surface area contributed by atoms with Crippen LogP contribution in [0.5, 0.6) is 5.75 Å². The molecule has 0 amide bonds. The molecule has 0 radical (unpaired) electrons. The Labute approximate surface area is 186 Å². The van der Waals surface area contributed by atoms with Gasteiger partial charge in [-0.15, -0.1) is 13.2 Å². The van der Waals surface area contributed by atoms with Crippen LogP contribution in [0.15, 0.2) is 48.5 Å². The molecular formula is C22H19ClF4N4O. The van der Waals surface area contributed by atoms with E-state index in [-0.39, 0.29) is 23.3 Å². The Balaban J connectivity index is 1.70. The van der Waals surface area contributed by atoms with Crippen LogP contribution in [0.25, 0.3) is 11.3 Å². The summed E-state index contributed by atoms with van der Waals surface area (Å²) in [5, 5.41) is 6.48. The van der Waals surface area contributed by atoms with Crippen LogP contribution in [-0.4, -0.2) is 22.4 Å². The van der Waals surface area contributed by atoms with Gasteiger partial charge in [-0.25, -0.2) is 9.37 Å². The monoisotopic (exact) mass is 466 g/mol. The minimum Gasteiger partial charge on any atom is -0.406 e. The van der Waals surface area contributed by atoms with Crippen LogP contribution in [0.2, 0.25) is 5.02 Å². The molecule has 32 heavy (non-hydrogen) atoms. The lowest BCUT2D eigenvalue weighted by Crippen LogP contribution is -2.17. The number of alkyl halides is 3. The van der Waals surface area contributed by atoms with Crippen LogP contribution in [0.1, 0.15) is 25.7 Å². The van der Waals surface area contributed by atoms with E-state index >= 15 is 0 Å². The third-order valence-electron chi connectivity index (χ3n) is 4.97. The van der Waals surface area contributed by atoms with Gasteiger partial charge in [-0.2, -0.15) is 4.98 Å². The van der Waals surface area contributed by atoms with Gasteiger partial charge in [0, 0.05) is 22.7 Å². The van der Waals surface area contributed by atoms with Crippen LogP contribution in [0.3, 0.4) is 0 Å². The van der Waals surface area contributed by atoms with Crippen molar-refractivity contribution in [1.29, 1.82) is 0 Å². The number of anilines is 3. The molecule has 1 aliphatic rings. The molecule has 0 spiro atoms. The predicted octanol–water partition coefficient (Wildman–Crippen LogP) is 6.93. The first-order valence-corrected chi connectivity index (χ1v) is 10.4. The number of benzene rings is 2. The van der Waals surface area contributed by atoms with E-state index in [9.17, 15) is 17.6 Å². The molecule has 0 atom stereocenters. The van der Waals surface area contributed by atoms with Crippen molar-refractivity contribution in [2.24, 2.45) is 0 Å². The minimum absolute atomic E-state index is 0.114. The molecule has 1 aliphatic carbocycles. The average molecular weight is 467 g/mol. The Morgan fingerprint density at radius 3 is 2.53 bits per heavy atom. The molecule has 1 saturated carbocycles. The number of aromatic nitrogens is 2. The second-order valence-electron chi connectivity index (χ2n) is 7.41. The van der Waals surface area contributed by atoms with E-state index in [4.69, 9.17) is 11.6 Å². The molecule has 2 N–H and O–H groups in total. The zero-order valence-corrected chi connectivity index (χ0v) is 17.5. The number of hydrogen-bond acceptors (Lipinski definition) is 5. The smallest absolute Gasteiger partial charge is 0.406 e. The number of nitrogens with one attached hydrogen (secondary N) is 2. The maximum atomic E-state index is 14.2. The number of hydrogen-bond donors (Lipinski definition) is 2. The fraction of sp³-hybridized carbons (Fsp3) is 0.273. The fourth-order valence-corrected chi connectivity index (χ4v) is 3.73. The van der Waals surface area contributed by atoms with Crippen LogP contribution < -0.4 is 15.4 Å². The Morgan fingerprint density at radius 1 is 1.00 bits per heavy atom. The van der Waals surface area contributed by atoms with Crippen LogP contribution in [0, 0.1) is 5.82 Å². The Kier molecular flexibility index (Phi) is 6.36. The van der Waals surface area contributed by atoms with Crippen molar-refractivity contribution in [2.45, 2.75) is 38.1 Å². The van der Waals surface area contributed by atoms with Gasteiger partial charge in [0.05, 0.1) is 11.4 Å². The summed E-state index contributed by atoms with van der Waals surface area (Å²) < 4.78 is 56.1. The average Bonchev–Trinajstić information content (AvgIpc) is 3.22. The molecule has 5 nitrogen and oxygen atoms in total. The molecule has 0 saturated heterocycles. The standard InChI is InChI=1S/C22H19ClF4N4O/c23-14-8-9-17(24)19(11-14)29-20-12-18(30-21(31-20)28-15-5-1-2-6-15)13-4-3-7-16(10-13)32-22(25,26)27/h3-4,7-12,15H,1-2,5-6H2,(H2,28,29,30,31). The van der Waals surface area contributed by atoms with Crippen molar-refractivity contribution in [3.05, 3.63) is 59.4 Å². The van der Waals surface area contributed by atoms with Crippen molar-refractivity contribution < 1.29 is 22.3 Å². The normalized spacial score (nSPS) is 14.4. The van der Waals surface area contributed by atoms with Gasteiger partial charge >= 0.3 is 6.36 Å². The number of ether oxygens (including phenoxy) is 1. The highest BCUT2D eigenvalue weighted by Crippen LogP contribution is 2.31. The molecular weight excluding hydrogens is 448 g/mol. The van der Waals surface area contributed by atoms with Crippen LogP contribution in [0.4, 0.5) is 35.0 Å². The van der Waals surface area contributed by atoms with Gasteiger partial charge in [-0.3, -0.25) is 0 Å². The van der Waals surface area contributed by atoms with E-state index in [1.807, 2.05) is 0 Å². The summed E-state index contributed by atoms with van der Waals surface area (Å²) in [5.41, 5.74) is 0.847. The van der Waals surface area contributed by atoms with E-state index in [0.717, 1.165) is 25.7 Å². The van der Waals surface area contributed by atoms with Crippen molar-refractivity contribution in [2.75, 3.05) is 10.6 Å². The molecule has 0 bridgehead atoms. The van der Waals surface area contributed by atoms with E-state index in [2.05, 4.69) is 25.3 Å². The van der Waals surface area contributed by atoms with Crippen molar-refractivity contribution in [1.82, 2.24) is 9.97 Å². The lowest BCUT2D eigenvalue weighted by atomic mass is 10.1. The van der Waals surface area contributed by atoms with Gasteiger partial charge < -0.3 is 15.4 Å². The first kappa shape index (κ1) is 22.1. The van der Waals surface area contributed by atoms with Crippen LogP contribution in [-0.2, 0) is 0 Å². The lowest BCUT2D eigenvalue weighted by Gasteiger charge is -2.16. The molecule has 2 aromatic carbocycles. The summed E-state index contributed by atoms with van der Waals surface area (Å²) >= 11 is 5.97. The van der Waals surface area contributed by atoms with Gasteiger partial charge in [-0.05, 0) is 43.2 Å². The maximum Gasteiger partial charge on any atom is 0.573 e. The third-order valence-corrected chi connectivity index (χ3v) is 5.20. The molecule has 3 aromatic rings. The highest BCUT2D eigenvalue weighted by molar-refractivity contribution is 6.30. The second kappa shape index (κ2) is 9.20. The van der Waals surface area contributed by atoms with Gasteiger partial charge in [0.1, 0.15) is 17.4 Å². The zero-order valence-electron chi connectivity index (χ0n) is 16.7. The number of rotatable bonds is 6. The van der Waals surface area contributed by atoms with E-state index in [1.54, 1.807) is 6.07 Å². The zero-order chi connectivity index (χ0) is 22.7. The molecule has 168 valence electrons. The van der Waals surface area contributed by atoms with Gasteiger partial charge in [0.2, 0.25) is 5.95 Å². The third kappa shape index (κ3) is 5.79. The molecule has 4 rings (SSSR count). The highest BCUT2D eigenvalue weighted by Gasteiger charge is 2.31. The number of halogens is 5. The summed E-state index contributed by atoms with van der Waals surface area (Å²) in [6.07, 6.45) is -0.696. The van der Waals surface area contributed by atoms with Gasteiger partial charge in [0.15, 0.2) is 0 Å². The summed E-state index contributed by atoms with van der Waals surface area (Å²) in [5.74, 6) is -0.338. The lowest BCUT2D eigenvalue weighted by molar-refractivity contribution is -0.274. The van der Waals surface area contributed by atoms with Crippen molar-refractivity contribution in [3.63, 3.8) is 0 Å². The quantitative estimate of drug-likeness (QED) is 0.386. The molecule has 1 aromatic heterocycles. The largest absolute Gasteiger partial charge is 0.573 e. The Bertz CT molecular complexity index is 1100. The summed E-state index contributed by atoms with van der Waals surface area (Å²) in [6, 6.07) is 11.3. The van der Waals surface area contributed by atoms with Crippen molar-refractivity contribution in [3.8, 4) is 17.0 Å². The fourth-order valence-electron chi connectivity index (χ4n) is 3.56. The molecule has 1 heterocycles. The first-order chi connectivity index (χ1) is 15.2.